The number of carbonyl (C=O) groups excluding carboxylic acids is 2. The van der Waals surface area contributed by atoms with Crippen molar-refractivity contribution >= 4 is 84.3 Å². The predicted molar refractivity (Wildman–Crippen MR) is 165 cm³/mol. The van der Waals surface area contributed by atoms with Crippen LogP contribution in [-0.4, -0.2) is 36.7 Å². The maximum absolute atomic E-state index is 13.9. The van der Waals surface area contributed by atoms with Gasteiger partial charge in [-0.2, -0.15) is 0 Å². The first-order chi connectivity index (χ1) is 20.3. The van der Waals surface area contributed by atoms with Crippen LogP contribution in [0.2, 0.25) is 0 Å². The summed E-state index contributed by atoms with van der Waals surface area (Å²) in [5, 5.41) is 4.77. The van der Waals surface area contributed by atoms with Crippen LogP contribution in [0.4, 0.5) is 17.1 Å². The molecule has 0 aliphatic carbocycles. The smallest absolute Gasteiger partial charge is 0.227 e. The molecule has 0 unspecified atom stereocenters. The molecule has 2 aliphatic heterocycles. The molecule has 6 rings (SSSR count). The second-order valence-corrected chi connectivity index (χ2v) is 11.8. The number of nitrogens with two attached hydrogens (primary N) is 1. The fraction of sp³-hybridized carbons (Fsp3) is 0.355. The Bertz CT molecular complexity index is 1810. The summed E-state index contributed by atoms with van der Waals surface area (Å²) in [6.45, 7) is 4.29. The molecule has 8 heteroatoms. The molecule has 0 spiro atoms. The minimum atomic E-state index is -2.70. The summed E-state index contributed by atoms with van der Waals surface area (Å²) in [6, 6.07) is 11.1. The van der Waals surface area contributed by atoms with Gasteiger partial charge in [-0.05, 0) is 65.4 Å². The van der Waals surface area contributed by atoms with Crippen molar-refractivity contribution in [1.82, 2.24) is 0 Å². The largest absolute Gasteiger partial charge is 0.398 e. The number of benzene rings is 3. The molecule has 3 aromatic carbocycles. The van der Waals surface area contributed by atoms with E-state index in [0.717, 1.165) is 43.1 Å². The first kappa shape index (κ1) is 22.0. The number of alkyl halides is 2. The lowest BCUT2D eigenvalue weighted by Crippen LogP contribution is -2.32. The molecule has 0 radical (unpaired) electrons. The minimum absolute atomic E-state index is 0.133. The van der Waals surface area contributed by atoms with Gasteiger partial charge in [-0.15, -0.1) is 34.5 Å². The van der Waals surface area contributed by atoms with E-state index in [9.17, 15) is 9.59 Å². The molecule has 2 amide bonds. The number of carbonyl (C=O) groups is 2. The number of nitrogens with zero attached hydrogens (tertiary/aromatic N) is 2. The lowest BCUT2D eigenvalue weighted by Gasteiger charge is -2.20. The number of rotatable bonds is 6. The van der Waals surface area contributed by atoms with E-state index in [1.807, 2.05) is 44.2 Å². The molecule has 0 bridgehead atoms. The Labute approximate surface area is 248 Å². The van der Waals surface area contributed by atoms with Crippen LogP contribution in [0, 0.1) is 13.8 Å². The lowest BCUT2D eigenvalue weighted by atomic mass is 9.95. The molecule has 3 heterocycles. The van der Waals surface area contributed by atoms with Gasteiger partial charge in [0.1, 0.15) is 0 Å². The Morgan fingerprint density at radius 1 is 0.949 bits per heavy atom. The number of anilines is 3. The predicted octanol–water partition coefficient (Wildman–Crippen LogP) is 7.46. The standard InChI is InChI=1S/C31H31Cl2N3O2S/c1-17-10-24-30(28-18(2)16-39-31(17)28)20(13-33)15-35(24)26(37)8-5-9-27(38)36-14-19(12-32)29-22-7-4-3-6-21(22)23(34)11-25(29)36/h3-4,6-7,10-11,16,19-20H,5,8-9,12-15,34H2,1-2H3/t19-,20-/m1/s1/i8D2,9D2. The molecular formula is C31H31Cl2N3O2S. The van der Waals surface area contributed by atoms with Gasteiger partial charge < -0.3 is 15.5 Å². The summed E-state index contributed by atoms with van der Waals surface area (Å²) in [5.74, 6) is -1.81. The minimum Gasteiger partial charge on any atom is -0.398 e. The number of halogens is 2. The average Bonchev–Trinajstić information content (AvgIpc) is 3.65. The van der Waals surface area contributed by atoms with Crippen LogP contribution >= 0.6 is 34.5 Å². The number of amides is 2. The first-order valence-corrected chi connectivity index (χ1v) is 14.8. The van der Waals surface area contributed by atoms with Gasteiger partial charge >= 0.3 is 0 Å². The highest BCUT2D eigenvalue weighted by molar-refractivity contribution is 7.17. The molecule has 0 saturated heterocycles. The third-order valence-electron chi connectivity index (χ3n) is 7.87. The van der Waals surface area contributed by atoms with Crippen molar-refractivity contribution in [3.63, 3.8) is 0 Å². The van der Waals surface area contributed by atoms with Crippen LogP contribution in [0.5, 0.6) is 0 Å². The molecular weight excluding hydrogens is 549 g/mol. The Balaban J connectivity index is 1.32. The fourth-order valence-corrected chi connectivity index (χ4v) is 7.64. The van der Waals surface area contributed by atoms with Gasteiger partial charge in [0.15, 0.2) is 0 Å². The fourth-order valence-electron chi connectivity index (χ4n) is 6.09. The van der Waals surface area contributed by atoms with E-state index in [1.165, 1.54) is 9.80 Å². The van der Waals surface area contributed by atoms with Gasteiger partial charge in [-0.3, -0.25) is 9.59 Å². The summed E-state index contributed by atoms with van der Waals surface area (Å²) in [6.07, 6.45) is -6.33. The van der Waals surface area contributed by atoms with Gasteiger partial charge in [-0.25, -0.2) is 0 Å². The molecule has 39 heavy (non-hydrogen) atoms. The van der Waals surface area contributed by atoms with E-state index < -0.39 is 31.0 Å². The zero-order valence-corrected chi connectivity index (χ0v) is 24.0. The number of hydrogen-bond acceptors (Lipinski definition) is 4. The molecule has 2 atom stereocenters. The molecule has 0 saturated carbocycles. The van der Waals surface area contributed by atoms with E-state index in [1.54, 1.807) is 17.4 Å². The highest BCUT2D eigenvalue weighted by Crippen LogP contribution is 2.47. The number of aryl methyl sites for hydroxylation is 2. The van der Waals surface area contributed by atoms with Crippen LogP contribution in [0.15, 0.2) is 41.8 Å². The van der Waals surface area contributed by atoms with Crippen molar-refractivity contribution in [1.29, 1.82) is 0 Å². The monoisotopic (exact) mass is 583 g/mol. The zero-order chi connectivity index (χ0) is 31.0. The molecule has 2 N–H and O–H groups in total. The molecule has 4 aromatic rings. The van der Waals surface area contributed by atoms with E-state index >= 15 is 0 Å². The number of nitrogen functional groups attached to an aromatic ring is 1. The SMILES string of the molecule is [2H]C([2H])(CC([2H])([2H])C(=O)N1C[C@@H](CCl)c2c1cc(C)c1scc(C)c21)C(=O)N1C[C@@H](CCl)c2c1cc(N)c1ccccc21. The van der Waals surface area contributed by atoms with Crippen LogP contribution in [-0.2, 0) is 9.59 Å². The highest BCUT2D eigenvalue weighted by Gasteiger charge is 2.36. The van der Waals surface area contributed by atoms with Crippen molar-refractivity contribution in [3.05, 3.63) is 64.0 Å². The Morgan fingerprint density at radius 3 is 2.18 bits per heavy atom. The molecule has 1 aromatic heterocycles. The van der Waals surface area contributed by atoms with E-state index in [-0.39, 0.29) is 36.7 Å². The molecule has 2 aliphatic rings. The molecule has 5 nitrogen and oxygen atoms in total. The molecule has 0 fully saturated rings. The highest BCUT2D eigenvalue weighted by atomic mass is 35.5. The van der Waals surface area contributed by atoms with Crippen LogP contribution in [0.3, 0.4) is 0 Å². The van der Waals surface area contributed by atoms with Crippen LogP contribution in [0.1, 0.15) is 58.7 Å². The quantitative estimate of drug-likeness (QED) is 0.189. The van der Waals surface area contributed by atoms with Crippen molar-refractivity contribution in [2.75, 3.05) is 40.4 Å². The first-order valence-electron chi connectivity index (χ1n) is 14.9. The summed E-state index contributed by atoms with van der Waals surface area (Å²) in [4.78, 5) is 30.4. The summed E-state index contributed by atoms with van der Waals surface area (Å²) < 4.78 is 36.1. The normalized spacial score (nSPS) is 20.5. The van der Waals surface area contributed by atoms with Crippen molar-refractivity contribution in [2.24, 2.45) is 0 Å². The third-order valence-corrected chi connectivity index (χ3v) is 9.85. The van der Waals surface area contributed by atoms with E-state index in [2.05, 4.69) is 5.38 Å². The van der Waals surface area contributed by atoms with E-state index in [4.69, 9.17) is 34.4 Å². The van der Waals surface area contributed by atoms with Crippen molar-refractivity contribution in [3.8, 4) is 0 Å². The maximum atomic E-state index is 13.9. The Hall–Kier alpha value is -2.80. The second-order valence-electron chi connectivity index (χ2n) is 10.3. The summed E-state index contributed by atoms with van der Waals surface area (Å²) in [5.41, 5.74) is 11.6. The topological polar surface area (TPSA) is 66.6 Å². The van der Waals surface area contributed by atoms with Gasteiger partial charge in [0, 0.05) is 87.4 Å². The number of fused-ring (bicyclic) bond motifs is 6. The lowest BCUT2D eigenvalue weighted by molar-refractivity contribution is -0.119. The van der Waals surface area contributed by atoms with Crippen LogP contribution in [0.25, 0.3) is 20.9 Å². The Morgan fingerprint density at radius 2 is 1.54 bits per heavy atom. The van der Waals surface area contributed by atoms with Crippen molar-refractivity contribution in [2.45, 2.75) is 44.8 Å². The average molecular weight is 585 g/mol. The van der Waals surface area contributed by atoms with Crippen molar-refractivity contribution < 1.29 is 15.1 Å². The van der Waals surface area contributed by atoms with Gasteiger partial charge in [0.25, 0.3) is 0 Å². The van der Waals surface area contributed by atoms with Gasteiger partial charge in [0.05, 0.1) is 0 Å². The second kappa shape index (κ2) is 10.3. The maximum Gasteiger partial charge on any atom is 0.227 e. The van der Waals surface area contributed by atoms with E-state index in [0.29, 0.717) is 17.1 Å². The number of thiophene rings is 1. The van der Waals surface area contributed by atoms with Gasteiger partial charge in [0.2, 0.25) is 11.8 Å². The number of hydrogen-bond donors (Lipinski definition) is 1. The van der Waals surface area contributed by atoms with Gasteiger partial charge in [-0.1, -0.05) is 24.3 Å². The Kier molecular flexibility index (Phi) is 5.80. The molecule has 202 valence electrons. The third kappa shape index (κ3) is 4.28. The summed E-state index contributed by atoms with van der Waals surface area (Å²) >= 11 is 14.3. The summed E-state index contributed by atoms with van der Waals surface area (Å²) in [7, 11) is 0. The zero-order valence-electron chi connectivity index (χ0n) is 25.7. The van der Waals surface area contributed by atoms with Crippen LogP contribution < -0.4 is 15.5 Å².